The van der Waals surface area contributed by atoms with Gasteiger partial charge in [-0.3, -0.25) is 4.79 Å². The molecule has 0 aromatic rings. The SMILES string of the molecule is C=CCC(C)C(=C)C=O. The van der Waals surface area contributed by atoms with Gasteiger partial charge < -0.3 is 0 Å². The second-order valence-corrected chi connectivity index (χ2v) is 2.12. The monoisotopic (exact) mass is 124 g/mol. The maximum Gasteiger partial charge on any atom is 0.145 e. The van der Waals surface area contributed by atoms with Crippen molar-refractivity contribution in [1.29, 1.82) is 0 Å². The molecular weight excluding hydrogens is 112 g/mol. The Kier molecular flexibility index (Phi) is 3.69. The van der Waals surface area contributed by atoms with Crippen molar-refractivity contribution in [3.05, 3.63) is 24.8 Å². The third-order valence-corrected chi connectivity index (χ3v) is 1.30. The summed E-state index contributed by atoms with van der Waals surface area (Å²) < 4.78 is 0. The van der Waals surface area contributed by atoms with Gasteiger partial charge in [-0.15, -0.1) is 6.58 Å². The van der Waals surface area contributed by atoms with E-state index in [0.717, 1.165) is 12.7 Å². The Bertz CT molecular complexity index is 125. The molecule has 50 valence electrons. The summed E-state index contributed by atoms with van der Waals surface area (Å²) in [6.45, 7) is 9.09. The summed E-state index contributed by atoms with van der Waals surface area (Å²) in [5, 5.41) is 0. The molecule has 0 aliphatic heterocycles. The first-order chi connectivity index (χ1) is 4.22. The molecule has 1 heteroatoms. The molecule has 1 nitrogen and oxygen atoms in total. The number of allylic oxidation sites excluding steroid dienone is 2. The maximum atomic E-state index is 10.1. The Hall–Kier alpha value is -0.850. The lowest BCUT2D eigenvalue weighted by Crippen LogP contribution is -1.96. The highest BCUT2D eigenvalue weighted by atomic mass is 16.1. The quantitative estimate of drug-likeness (QED) is 0.318. The number of hydrogen-bond acceptors (Lipinski definition) is 1. The van der Waals surface area contributed by atoms with Gasteiger partial charge in [0.15, 0.2) is 0 Å². The molecule has 0 heterocycles. The van der Waals surface area contributed by atoms with Gasteiger partial charge in [0.25, 0.3) is 0 Å². The van der Waals surface area contributed by atoms with Crippen LogP contribution in [0.1, 0.15) is 13.3 Å². The largest absolute Gasteiger partial charge is 0.298 e. The van der Waals surface area contributed by atoms with Crippen LogP contribution in [0.5, 0.6) is 0 Å². The van der Waals surface area contributed by atoms with E-state index in [-0.39, 0.29) is 5.92 Å². The summed E-state index contributed by atoms with van der Waals surface area (Å²) in [5.74, 6) is 0.250. The van der Waals surface area contributed by atoms with Gasteiger partial charge in [-0.1, -0.05) is 19.6 Å². The molecule has 0 fully saturated rings. The number of carbonyl (C=O) groups excluding carboxylic acids is 1. The fourth-order valence-corrected chi connectivity index (χ4v) is 0.518. The van der Waals surface area contributed by atoms with Crippen molar-refractivity contribution in [2.24, 2.45) is 5.92 Å². The lowest BCUT2D eigenvalue weighted by Gasteiger charge is -2.03. The first kappa shape index (κ1) is 8.15. The van der Waals surface area contributed by atoms with Crippen molar-refractivity contribution in [2.75, 3.05) is 0 Å². The molecule has 0 aliphatic rings. The summed E-state index contributed by atoms with van der Waals surface area (Å²) in [7, 11) is 0. The Balaban J connectivity index is 3.71. The van der Waals surface area contributed by atoms with Crippen LogP contribution in [0.4, 0.5) is 0 Å². The Morgan fingerprint density at radius 3 is 2.67 bits per heavy atom. The van der Waals surface area contributed by atoms with Crippen molar-refractivity contribution in [3.8, 4) is 0 Å². The van der Waals surface area contributed by atoms with Gasteiger partial charge in [0.05, 0.1) is 0 Å². The summed E-state index contributed by atoms with van der Waals surface area (Å²) in [4.78, 5) is 10.1. The van der Waals surface area contributed by atoms with Gasteiger partial charge in [-0.2, -0.15) is 0 Å². The van der Waals surface area contributed by atoms with Crippen LogP contribution in [0, 0.1) is 5.92 Å². The molecule has 0 radical (unpaired) electrons. The summed E-state index contributed by atoms with van der Waals surface area (Å²) in [6.07, 6.45) is 3.42. The van der Waals surface area contributed by atoms with Crippen molar-refractivity contribution < 1.29 is 4.79 Å². The van der Waals surface area contributed by atoms with Crippen molar-refractivity contribution >= 4 is 6.29 Å². The van der Waals surface area contributed by atoms with Crippen LogP contribution >= 0.6 is 0 Å². The zero-order valence-corrected chi connectivity index (χ0v) is 5.76. The molecule has 0 bridgehead atoms. The van der Waals surface area contributed by atoms with Crippen LogP contribution in [0.2, 0.25) is 0 Å². The van der Waals surface area contributed by atoms with Gasteiger partial charge in [0.2, 0.25) is 0 Å². The Morgan fingerprint density at radius 1 is 1.78 bits per heavy atom. The molecule has 0 aliphatic carbocycles. The highest BCUT2D eigenvalue weighted by Gasteiger charge is 2.01. The van der Waals surface area contributed by atoms with Crippen LogP contribution in [0.25, 0.3) is 0 Å². The molecule has 0 N–H and O–H groups in total. The standard InChI is InChI=1S/C8H12O/c1-4-5-7(2)8(3)6-9/h4,6-7H,1,3,5H2,2H3. The zero-order valence-electron chi connectivity index (χ0n) is 5.76. The second-order valence-electron chi connectivity index (χ2n) is 2.12. The van der Waals surface area contributed by atoms with E-state index in [2.05, 4.69) is 13.2 Å². The molecule has 9 heavy (non-hydrogen) atoms. The molecule has 0 rings (SSSR count). The summed E-state index contributed by atoms with van der Waals surface area (Å²) in [6, 6.07) is 0. The van der Waals surface area contributed by atoms with Crippen LogP contribution in [-0.2, 0) is 4.79 Å². The van der Waals surface area contributed by atoms with Crippen LogP contribution < -0.4 is 0 Å². The van der Waals surface area contributed by atoms with Gasteiger partial charge in [-0.05, 0) is 17.9 Å². The minimum atomic E-state index is 0.250. The van der Waals surface area contributed by atoms with Gasteiger partial charge in [0, 0.05) is 0 Å². The van der Waals surface area contributed by atoms with Crippen molar-refractivity contribution in [1.82, 2.24) is 0 Å². The lowest BCUT2D eigenvalue weighted by atomic mass is 10.0. The van der Waals surface area contributed by atoms with E-state index >= 15 is 0 Å². The van der Waals surface area contributed by atoms with E-state index < -0.39 is 0 Å². The lowest BCUT2D eigenvalue weighted by molar-refractivity contribution is -0.105. The van der Waals surface area contributed by atoms with Crippen molar-refractivity contribution in [3.63, 3.8) is 0 Å². The van der Waals surface area contributed by atoms with Gasteiger partial charge >= 0.3 is 0 Å². The Labute approximate surface area is 56.1 Å². The average Bonchev–Trinajstić information content (AvgIpc) is 1.87. The minimum Gasteiger partial charge on any atom is -0.298 e. The third-order valence-electron chi connectivity index (χ3n) is 1.30. The molecule has 0 saturated heterocycles. The number of hydrogen-bond donors (Lipinski definition) is 0. The zero-order chi connectivity index (χ0) is 7.28. The van der Waals surface area contributed by atoms with Gasteiger partial charge in [-0.25, -0.2) is 0 Å². The van der Waals surface area contributed by atoms with E-state index in [0.29, 0.717) is 5.57 Å². The molecule has 0 aromatic heterocycles. The topological polar surface area (TPSA) is 17.1 Å². The fourth-order valence-electron chi connectivity index (χ4n) is 0.518. The van der Waals surface area contributed by atoms with E-state index in [1.54, 1.807) is 6.08 Å². The minimum absolute atomic E-state index is 0.250. The first-order valence-electron chi connectivity index (χ1n) is 2.97. The fraction of sp³-hybridized carbons (Fsp3) is 0.375. The first-order valence-corrected chi connectivity index (χ1v) is 2.97. The predicted molar refractivity (Wildman–Crippen MR) is 39.2 cm³/mol. The second kappa shape index (κ2) is 4.07. The van der Waals surface area contributed by atoms with Crippen LogP contribution in [-0.4, -0.2) is 6.29 Å². The van der Waals surface area contributed by atoms with Crippen LogP contribution in [0.15, 0.2) is 24.8 Å². The molecular formula is C8H12O. The summed E-state index contributed by atoms with van der Waals surface area (Å²) in [5.41, 5.74) is 0.648. The van der Waals surface area contributed by atoms with Crippen molar-refractivity contribution in [2.45, 2.75) is 13.3 Å². The van der Waals surface area contributed by atoms with E-state index in [4.69, 9.17) is 0 Å². The third kappa shape index (κ3) is 2.85. The number of aldehydes is 1. The number of carbonyl (C=O) groups is 1. The highest BCUT2D eigenvalue weighted by Crippen LogP contribution is 2.09. The molecule has 0 saturated carbocycles. The van der Waals surface area contributed by atoms with E-state index in [1.165, 1.54) is 0 Å². The van der Waals surface area contributed by atoms with E-state index in [1.807, 2.05) is 6.92 Å². The number of rotatable bonds is 4. The highest BCUT2D eigenvalue weighted by molar-refractivity contribution is 5.72. The molecule has 1 atom stereocenters. The van der Waals surface area contributed by atoms with E-state index in [9.17, 15) is 4.79 Å². The molecule has 0 aromatic carbocycles. The normalized spacial score (nSPS) is 12.1. The Morgan fingerprint density at radius 2 is 2.33 bits per heavy atom. The average molecular weight is 124 g/mol. The summed E-state index contributed by atoms with van der Waals surface area (Å²) >= 11 is 0. The van der Waals surface area contributed by atoms with Crippen LogP contribution in [0.3, 0.4) is 0 Å². The smallest absolute Gasteiger partial charge is 0.145 e. The van der Waals surface area contributed by atoms with Gasteiger partial charge in [0.1, 0.15) is 6.29 Å². The maximum absolute atomic E-state index is 10.1. The predicted octanol–water partition coefficient (Wildman–Crippen LogP) is 1.95. The molecule has 0 spiro atoms. The molecule has 0 amide bonds. The molecule has 1 unspecified atom stereocenters.